The summed E-state index contributed by atoms with van der Waals surface area (Å²) in [5.74, 6) is -3.67. The van der Waals surface area contributed by atoms with Crippen LogP contribution in [0.15, 0.2) is 0 Å². The minimum atomic E-state index is -1.03. The molecule has 0 atom stereocenters. The summed E-state index contributed by atoms with van der Waals surface area (Å²) in [6.07, 6.45) is 2.19. The zero-order valence-corrected chi connectivity index (χ0v) is 19.2. The third kappa shape index (κ3) is 52.2. The van der Waals surface area contributed by atoms with Crippen molar-refractivity contribution in [1.29, 1.82) is 0 Å². The first-order chi connectivity index (χ1) is 14.2. The summed E-state index contributed by atoms with van der Waals surface area (Å²) in [7, 11) is 0. The van der Waals surface area contributed by atoms with E-state index < -0.39 is 17.9 Å². The number of carbonyl (C=O) groups is 6. The van der Waals surface area contributed by atoms with Crippen LogP contribution in [0.25, 0.3) is 0 Å². The number of hydrogen-bond donors (Lipinski definition) is 4. The Bertz CT molecular complexity index is 464. The maximum absolute atomic E-state index is 10.5. The van der Waals surface area contributed by atoms with E-state index in [-0.39, 0.29) is 42.7 Å². The first kappa shape index (κ1) is 35.8. The molecule has 31 heavy (non-hydrogen) atoms. The molecule has 0 saturated carbocycles. The molecule has 0 radical (unpaired) electrons. The van der Waals surface area contributed by atoms with Gasteiger partial charge in [0.1, 0.15) is 36.6 Å². The van der Waals surface area contributed by atoms with E-state index in [1.165, 1.54) is 0 Å². The van der Waals surface area contributed by atoms with Crippen LogP contribution in [0.3, 0.4) is 0 Å². The van der Waals surface area contributed by atoms with Crippen molar-refractivity contribution in [3.8, 4) is 0 Å². The molecule has 0 aromatic rings. The Kier molecular flexibility index (Phi) is 29.3. The van der Waals surface area contributed by atoms with E-state index in [4.69, 9.17) is 20.4 Å². The molecule has 0 heterocycles. The molecule has 0 amide bonds. The van der Waals surface area contributed by atoms with E-state index in [0.29, 0.717) is 19.3 Å². The topological polar surface area (TPSA) is 183 Å². The number of aliphatic hydroxyl groups excluding tert-OH is 1. The molecule has 0 rings (SSSR count). The molecule has 0 fully saturated rings. The summed E-state index contributed by atoms with van der Waals surface area (Å²) in [6.45, 7) is 8.99. The number of hydrogen-bond acceptors (Lipinski definition) is 7. The van der Waals surface area contributed by atoms with Crippen molar-refractivity contribution in [3.63, 3.8) is 0 Å². The Labute approximate surface area is 183 Å². The minimum absolute atomic E-state index is 0.167. The Morgan fingerprint density at radius 2 is 0.710 bits per heavy atom. The van der Waals surface area contributed by atoms with Gasteiger partial charge in [0.15, 0.2) is 0 Å². The van der Waals surface area contributed by atoms with Gasteiger partial charge in [0.2, 0.25) is 0 Å². The van der Waals surface area contributed by atoms with Gasteiger partial charge in [-0.15, -0.1) is 0 Å². The van der Waals surface area contributed by atoms with Gasteiger partial charge >= 0.3 is 17.9 Å². The van der Waals surface area contributed by atoms with Gasteiger partial charge in [-0.25, -0.2) is 0 Å². The molecule has 0 aliphatic carbocycles. The molecule has 0 unspecified atom stereocenters. The molecular weight excluding hydrogens is 412 g/mol. The molecule has 0 bridgehead atoms. The Hall–Kier alpha value is -2.62. The van der Waals surface area contributed by atoms with E-state index in [1.807, 2.05) is 20.8 Å². The van der Waals surface area contributed by atoms with Gasteiger partial charge in [0.25, 0.3) is 0 Å². The summed E-state index contributed by atoms with van der Waals surface area (Å²) >= 11 is 0. The fourth-order valence-electron chi connectivity index (χ4n) is 1.61. The van der Waals surface area contributed by atoms with Gasteiger partial charge in [-0.1, -0.05) is 20.8 Å². The molecule has 4 N–H and O–H groups in total. The zero-order valence-electron chi connectivity index (χ0n) is 19.2. The van der Waals surface area contributed by atoms with Crippen LogP contribution in [0.5, 0.6) is 0 Å². The largest absolute Gasteiger partial charge is 0.481 e. The minimum Gasteiger partial charge on any atom is -0.481 e. The highest BCUT2D eigenvalue weighted by Crippen LogP contribution is 1.94. The van der Waals surface area contributed by atoms with Crippen LogP contribution < -0.4 is 0 Å². The van der Waals surface area contributed by atoms with Gasteiger partial charge in [-0.05, 0) is 33.1 Å². The number of aliphatic carboxylic acids is 3. The Balaban J connectivity index is -0.000000162. The molecule has 0 aliphatic rings. The van der Waals surface area contributed by atoms with Crippen LogP contribution in [-0.2, 0) is 28.8 Å². The molecule has 0 spiro atoms. The predicted octanol–water partition coefficient (Wildman–Crippen LogP) is 2.88. The summed E-state index contributed by atoms with van der Waals surface area (Å²) in [5, 5.41) is 32.3. The van der Waals surface area contributed by atoms with Crippen molar-refractivity contribution >= 4 is 35.3 Å². The Morgan fingerprint density at radius 1 is 0.548 bits per heavy atom. The smallest absolute Gasteiger partial charge is 0.310 e. The second-order valence-electron chi connectivity index (χ2n) is 6.67. The molecule has 10 heteroatoms. The number of carboxylic acids is 3. The van der Waals surface area contributed by atoms with E-state index in [2.05, 4.69) is 0 Å². The van der Waals surface area contributed by atoms with Crippen molar-refractivity contribution in [2.75, 3.05) is 0 Å². The number of Topliss-reactive ketones (excluding diaryl/α,β-unsaturated/α-hetero) is 3. The fourth-order valence-corrected chi connectivity index (χ4v) is 1.61. The van der Waals surface area contributed by atoms with Crippen molar-refractivity contribution in [2.45, 2.75) is 98.5 Å². The van der Waals surface area contributed by atoms with E-state index in [0.717, 1.165) is 19.3 Å². The second-order valence-corrected chi connectivity index (χ2v) is 6.67. The van der Waals surface area contributed by atoms with Gasteiger partial charge in [0.05, 0.1) is 0 Å². The van der Waals surface area contributed by atoms with E-state index in [9.17, 15) is 28.8 Å². The monoisotopic (exact) mass is 450 g/mol. The SMILES string of the molecule is CC(C)O.CCCC(=O)CC(=O)O.CCCC(=O)CC(=O)O.CCCC(=O)CC(=O)O. The average molecular weight is 451 g/mol. The van der Waals surface area contributed by atoms with Crippen LogP contribution in [0.1, 0.15) is 92.4 Å². The number of aliphatic hydroxyl groups is 1. The van der Waals surface area contributed by atoms with Gasteiger partial charge in [-0.3, -0.25) is 28.8 Å². The van der Waals surface area contributed by atoms with Gasteiger partial charge in [-0.2, -0.15) is 0 Å². The average Bonchev–Trinajstić information content (AvgIpc) is 2.53. The third-order valence-electron chi connectivity index (χ3n) is 2.63. The number of rotatable bonds is 12. The van der Waals surface area contributed by atoms with Crippen molar-refractivity contribution < 1.29 is 49.2 Å². The van der Waals surface area contributed by atoms with Crippen molar-refractivity contribution in [2.24, 2.45) is 0 Å². The predicted molar refractivity (Wildman–Crippen MR) is 114 cm³/mol. The van der Waals surface area contributed by atoms with Crippen LogP contribution in [-0.4, -0.2) is 61.8 Å². The molecule has 0 aliphatic heterocycles. The summed E-state index contributed by atoms with van der Waals surface area (Å²) in [5.41, 5.74) is 0. The number of carbonyl (C=O) groups excluding carboxylic acids is 3. The second kappa shape index (κ2) is 25.4. The van der Waals surface area contributed by atoms with E-state index >= 15 is 0 Å². The zero-order chi connectivity index (χ0) is 25.4. The molecule has 182 valence electrons. The highest BCUT2D eigenvalue weighted by atomic mass is 16.4. The maximum atomic E-state index is 10.5. The third-order valence-corrected chi connectivity index (χ3v) is 2.63. The highest BCUT2D eigenvalue weighted by Gasteiger charge is 2.05. The molecule has 0 aromatic heterocycles. The summed E-state index contributed by atoms with van der Waals surface area (Å²) in [4.78, 5) is 61.0. The van der Waals surface area contributed by atoms with Crippen LogP contribution >= 0.6 is 0 Å². The van der Waals surface area contributed by atoms with Crippen molar-refractivity contribution in [1.82, 2.24) is 0 Å². The highest BCUT2D eigenvalue weighted by molar-refractivity contribution is 5.95. The normalized spacial score (nSPS) is 9.00. The lowest BCUT2D eigenvalue weighted by atomic mass is 10.2. The van der Waals surface area contributed by atoms with Crippen molar-refractivity contribution in [3.05, 3.63) is 0 Å². The lowest BCUT2D eigenvalue weighted by molar-refractivity contribution is -0.141. The van der Waals surface area contributed by atoms with Crippen LogP contribution in [0.2, 0.25) is 0 Å². The lowest BCUT2D eigenvalue weighted by Crippen LogP contribution is -2.05. The summed E-state index contributed by atoms with van der Waals surface area (Å²) < 4.78 is 0. The lowest BCUT2D eigenvalue weighted by Gasteiger charge is -1.90. The first-order valence-corrected chi connectivity index (χ1v) is 10.1. The van der Waals surface area contributed by atoms with Crippen LogP contribution in [0.4, 0.5) is 0 Å². The number of carboxylic acid groups (broad SMARTS) is 3. The Morgan fingerprint density at radius 3 is 0.806 bits per heavy atom. The van der Waals surface area contributed by atoms with Gasteiger partial charge < -0.3 is 20.4 Å². The van der Waals surface area contributed by atoms with Crippen LogP contribution in [0, 0.1) is 0 Å². The van der Waals surface area contributed by atoms with E-state index in [1.54, 1.807) is 13.8 Å². The molecular formula is C21H38O10. The molecule has 10 nitrogen and oxygen atoms in total. The fraction of sp³-hybridized carbons (Fsp3) is 0.714. The maximum Gasteiger partial charge on any atom is 0.310 e. The molecule has 0 aromatic carbocycles. The molecule has 0 saturated heterocycles. The summed E-state index contributed by atoms with van der Waals surface area (Å²) in [6, 6.07) is 0. The quantitative estimate of drug-likeness (QED) is 0.322. The first-order valence-electron chi connectivity index (χ1n) is 10.1. The number of ketones is 3. The standard InChI is InChI=1S/3C6H10O3.C3H8O/c3*1-2-3-5(7)4-6(8)9;1-3(2)4/h3*2-4H2,1H3,(H,8,9);3-4H,1-2H3. The van der Waals surface area contributed by atoms with Gasteiger partial charge in [0, 0.05) is 25.4 Å².